The zero-order chi connectivity index (χ0) is 11.5. The van der Waals surface area contributed by atoms with Gasteiger partial charge in [0.1, 0.15) is 0 Å². The van der Waals surface area contributed by atoms with Crippen LogP contribution in [0.25, 0.3) is 0 Å². The molecule has 0 aromatic heterocycles. The minimum atomic E-state index is -0.946. The van der Waals surface area contributed by atoms with E-state index >= 15 is 0 Å². The fourth-order valence-corrected chi connectivity index (χ4v) is 1.71. The smallest absolute Gasteiger partial charge is 0.327 e. The van der Waals surface area contributed by atoms with Crippen LogP contribution in [0.2, 0.25) is 0 Å². The maximum atomic E-state index is 11.1. The summed E-state index contributed by atoms with van der Waals surface area (Å²) >= 11 is 0. The van der Waals surface area contributed by atoms with Gasteiger partial charge < -0.3 is 10.4 Å². The van der Waals surface area contributed by atoms with Crippen LogP contribution in [0.1, 0.15) is 11.1 Å². The third kappa shape index (κ3) is 2.28. The molecule has 0 radical (unpaired) electrons. The molecule has 4 heteroatoms. The number of hydrogen-bond donors (Lipinski definition) is 2. The first-order chi connectivity index (χ1) is 7.65. The lowest BCUT2D eigenvalue weighted by Crippen LogP contribution is -2.03. The van der Waals surface area contributed by atoms with Crippen molar-refractivity contribution < 1.29 is 14.7 Å². The van der Waals surface area contributed by atoms with E-state index in [4.69, 9.17) is 5.11 Å². The maximum Gasteiger partial charge on any atom is 0.327 e. The van der Waals surface area contributed by atoms with E-state index in [1.165, 1.54) is 0 Å². The quantitative estimate of drug-likeness (QED) is 0.751. The molecule has 0 spiro atoms. The highest BCUT2D eigenvalue weighted by atomic mass is 16.4. The van der Waals surface area contributed by atoms with Crippen LogP contribution in [-0.4, -0.2) is 17.0 Å². The Morgan fingerprint density at radius 2 is 2.31 bits per heavy atom. The zero-order valence-electron chi connectivity index (χ0n) is 8.56. The number of nitrogens with one attached hydrogen (secondary N) is 1. The third-order valence-electron chi connectivity index (χ3n) is 2.41. The van der Waals surface area contributed by atoms with Crippen LogP contribution < -0.4 is 5.32 Å². The average Bonchev–Trinajstić information content (AvgIpc) is 2.56. The van der Waals surface area contributed by atoms with E-state index in [9.17, 15) is 9.59 Å². The van der Waals surface area contributed by atoms with Crippen molar-refractivity contribution >= 4 is 17.6 Å². The maximum absolute atomic E-state index is 11.1. The molecule has 0 fully saturated rings. The van der Waals surface area contributed by atoms with E-state index in [2.05, 4.69) is 5.32 Å². The van der Waals surface area contributed by atoms with Crippen LogP contribution in [-0.2, 0) is 22.4 Å². The highest BCUT2D eigenvalue weighted by Crippen LogP contribution is 2.23. The van der Waals surface area contributed by atoms with Crippen LogP contribution in [0.3, 0.4) is 0 Å². The normalized spacial score (nSPS) is 13.9. The number of carbonyl (C=O) groups is 2. The van der Waals surface area contributed by atoms with Crippen molar-refractivity contribution in [3.63, 3.8) is 0 Å². The van der Waals surface area contributed by atoms with Gasteiger partial charge in [0.15, 0.2) is 0 Å². The Kier molecular flexibility index (Phi) is 2.72. The van der Waals surface area contributed by atoms with Gasteiger partial charge in [-0.05, 0) is 23.6 Å². The van der Waals surface area contributed by atoms with E-state index in [1.807, 2.05) is 18.2 Å². The van der Waals surface area contributed by atoms with Crippen molar-refractivity contribution in [1.82, 2.24) is 0 Å². The lowest BCUT2D eigenvalue weighted by Gasteiger charge is -2.01. The number of aliphatic carboxylic acids is 1. The van der Waals surface area contributed by atoms with Crippen molar-refractivity contribution in [2.75, 3.05) is 5.32 Å². The Labute approximate surface area is 92.6 Å². The van der Waals surface area contributed by atoms with Gasteiger partial charge in [0.2, 0.25) is 5.91 Å². The van der Waals surface area contributed by atoms with Crippen molar-refractivity contribution in [3.8, 4) is 0 Å². The molecule has 0 aliphatic carbocycles. The number of carboxylic acids is 1. The van der Waals surface area contributed by atoms with Gasteiger partial charge in [-0.25, -0.2) is 4.79 Å². The summed E-state index contributed by atoms with van der Waals surface area (Å²) in [5.41, 5.74) is 2.84. The van der Waals surface area contributed by atoms with Gasteiger partial charge in [0, 0.05) is 11.8 Å². The van der Waals surface area contributed by atoms with Crippen molar-refractivity contribution in [1.29, 1.82) is 0 Å². The SMILES string of the molecule is O=C(O)/C=C/Cc1ccc2c(c1)CC(=O)N2. The number of anilines is 1. The van der Waals surface area contributed by atoms with Crippen LogP contribution in [0.5, 0.6) is 0 Å². The Morgan fingerprint density at radius 1 is 1.50 bits per heavy atom. The number of benzene rings is 1. The number of amides is 1. The topological polar surface area (TPSA) is 66.4 Å². The molecule has 82 valence electrons. The molecule has 1 heterocycles. The monoisotopic (exact) mass is 217 g/mol. The summed E-state index contributed by atoms with van der Waals surface area (Å²) in [5, 5.41) is 11.2. The van der Waals surface area contributed by atoms with Gasteiger partial charge in [-0.2, -0.15) is 0 Å². The molecule has 0 bridgehead atoms. The largest absolute Gasteiger partial charge is 0.478 e. The molecule has 2 N–H and O–H groups in total. The molecule has 1 aliphatic rings. The van der Waals surface area contributed by atoms with Crippen molar-refractivity contribution in [3.05, 3.63) is 41.5 Å². The third-order valence-corrected chi connectivity index (χ3v) is 2.41. The minimum absolute atomic E-state index is 0.00762. The summed E-state index contributed by atoms with van der Waals surface area (Å²) in [6, 6.07) is 5.67. The van der Waals surface area contributed by atoms with Crippen LogP contribution in [0, 0.1) is 0 Å². The number of carbonyl (C=O) groups excluding carboxylic acids is 1. The average molecular weight is 217 g/mol. The van der Waals surface area contributed by atoms with E-state index in [1.54, 1.807) is 6.08 Å². The summed E-state index contributed by atoms with van der Waals surface area (Å²) in [7, 11) is 0. The second kappa shape index (κ2) is 4.18. The Bertz CT molecular complexity index is 477. The predicted octanol–water partition coefficient (Wildman–Crippen LogP) is 1.36. The van der Waals surface area contributed by atoms with Crippen molar-refractivity contribution in [2.24, 2.45) is 0 Å². The summed E-state index contributed by atoms with van der Waals surface area (Å²) in [6.07, 6.45) is 3.68. The van der Waals surface area contributed by atoms with Crippen molar-refractivity contribution in [2.45, 2.75) is 12.8 Å². The number of allylic oxidation sites excluding steroid dienone is 1. The van der Waals surface area contributed by atoms with E-state index in [0.29, 0.717) is 12.8 Å². The molecule has 16 heavy (non-hydrogen) atoms. The second-order valence-electron chi connectivity index (χ2n) is 3.66. The lowest BCUT2D eigenvalue weighted by atomic mass is 10.1. The van der Waals surface area contributed by atoms with Gasteiger partial charge in [-0.15, -0.1) is 0 Å². The molecular formula is C12H11NO3. The zero-order valence-corrected chi connectivity index (χ0v) is 8.56. The predicted molar refractivity (Wildman–Crippen MR) is 59.3 cm³/mol. The first-order valence-corrected chi connectivity index (χ1v) is 4.96. The van der Waals surface area contributed by atoms with E-state index in [0.717, 1.165) is 22.9 Å². The molecule has 0 atom stereocenters. The summed E-state index contributed by atoms with van der Waals surface area (Å²) in [6.45, 7) is 0. The molecule has 4 nitrogen and oxygen atoms in total. The summed E-state index contributed by atoms with van der Waals surface area (Å²) < 4.78 is 0. The number of hydrogen-bond acceptors (Lipinski definition) is 2. The van der Waals surface area contributed by atoms with E-state index in [-0.39, 0.29) is 5.91 Å². The molecule has 1 aromatic carbocycles. The fraction of sp³-hybridized carbons (Fsp3) is 0.167. The Balaban J connectivity index is 2.11. The summed E-state index contributed by atoms with van der Waals surface area (Å²) in [4.78, 5) is 21.4. The number of rotatable bonds is 3. The van der Waals surface area contributed by atoms with Crippen LogP contribution in [0.4, 0.5) is 5.69 Å². The molecule has 0 saturated heterocycles. The standard InChI is InChI=1S/C12H11NO3/c14-11-7-9-6-8(2-1-3-12(15)16)4-5-10(9)13-11/h1,3-6H,2,7H2,(H,13,14)(H,15,16)/b3-1+. The second-order valence-corrected chi connectivity index (χ2v) is 3.66. The number of carboxylic acid groups (broad SMARTS) is 1. The van der Waals surface area contributed by atoms with Gasteiger partial charge in [-0.1, -0.05) is 18.2 Å². The fourth-order valence-electron chi connectivity index (χ4n) is 1.71. The van der Waals surface area contributed by atoms with E-state index < -0.39 is 5.97 Å². The highest BCUT2D eigenvalue weighted by Gasteiger charge is 2.16. The first kappa shape index (κ1) is 10.4. The van der Waals surface area contributed by atoms with Gasteiger partial charge >= 0.3 is 5.97 Å². The summed E-state index contributed by atoms with van der Waals surface area (Å²) in [5.74, 6) is -0.939. The Hall–Kier alpha value is -2.10. The Morgan fingerprint density at radius 3 is 3.06 bits per heavy atom. The molecule has 1 aliphatic heterocycles. The van der Waals surface area contributed by atoms with Crippen LogP contribution >= 0.6 is 0 Å². The first-order valence-electron chi connectivity index (χ1n) is 4.96. The highest BCUT2D eigenvalue weighted by molar-refractivity contribution is 5.99. The minimum Gasteiger partial charge on any atom is -0.478 e. The molecular weight excluding hydrogens is 206 g/mol. The van der Waals surface area contributed by atoms with Gasteiger partial charge in [-0.3, -0.25) is 4.79 Å². The molecule has 1 amide bonds. The number of fused-ring (bicyclic) bond motifs is 1. The lowest BCUT2D eigenvalue weighted by molar-refractivity contribution is -0.131. The molecule has 0 saturated carbocycles. The van der Waals surface area contributed by atoms with Gasteiger partial charge in [0.05, 0.1) is 6.42 Å². The molecule has 0 unspecified atom stereocenters. The van der Waals surface area contributed by atoms with Gasteiger partial charge in [0.25, 0.3) is 0 Å². The molecule has 1 aromatic rings. The molecule has 2 rings (SSSR count). The van der Waals surface area contributed by atoms with Crippen LogP contribution in [0.15, 0.2) is 30.4 Å².